The molecule has 0 aromatic rings. The molecule has 0 radical (unpaired) electrons. The molecule has 0 aromatic carbocycles. The van der Waals surface area contributed by atoms with E-state index in [0.29, 0.717) is 6.42 Å². The summed E-state index contributed by atoms with van der Waals surface area (Å²) in [4.78, 5) is 11.8. The van der Waals surface area contributed by atoms with Crippen LogP contribution in [0, 0.1) is 5.92 Å². The van der Waals surface area contributed by atoms with Gasteiger partial charge < -0.3 is 16.2 Å². The first-order valence-corrected chi connectivity index (χ1v) is 6.83. The smallest absolute Gasteiger partial charge is 0.221 e. The van der Waals surface area contributed by atoms with Crippen LogP contribution in [-0.4, -0.2) is 29.7 Å². The summed E-state index contributed by atoms with van der Waals surface area (Å²) in [5, 5.41) is 12.3. The molecule has 4 N–H and O–H groups in total. The maximum atomic E-state index is 11.8. The van der Waals surface area contributed by atoms with Crippen LogP contribution in [0.15, 0.2) is 0 Å². The lowest BCUT2D eigenvalue weighted by Gasteiger charge is -2.31. The van der Waals surface area contributed by atoms with Crippen LogP contribution in [0.4, 0.5) is 0 Å². The number of nitrogens with one attached hydrogen (secondary N) is 1. The molecule has 3 atom stereocenters. The van der Waals surface area contributed by atoms with E-state index in [1.165, 1.54) is 0 Å². The zero-order valence-corrected chi connectivity index (χ0v) is 10.8. The summed E-state index contributed by atoms with van der Waals surface area (Å²) in [6.45, 7) is 2.24. The lowest BCUT2D eigenvalue weighted by molar-refractivity contribution is -0.122. The van der Waals surface area contributed by atoms with Gasteiger partial charge in [0.05, 0.1) is 0 Å². The van der Waals surface area contributed by atoms with Gasteiger partial charge in [-0.3, -0.25) is 4.79 Å². The highest BCUT2D eigenvalue weighted by Crippen LogP contribution is 2.24. The summed E-state index contributed by atoms with van der Waals surface area (Å²) in [7, 11) is 0. The van der Waals surface area contributed by atoms with Gasteiger partial charge in [-0.05, 0) is 19.3 Å². The Morgan fingerprint density at radius 3 is 2.82 bits per heavy atom. The Morgan fingerprint density at radius 1 is 1.47 bits per heavy atom. The minimum Gasteiger partial charge on any atom is -0.396 e. The molecule has 17 heavy (non-hydrogen) atoms. The molecule has 0 heterocycles. The van der Waals surface area contributed by atoms with Crippen molar-refractivity contribution in [3.8, 4) is 0 Å². The number of rotatable bonds is 6. The SMILES string of the molecule is CCCC(N)CC(=O)NC1CCCCC1CO. The zero-order valence-electron chi connectivity index (χ0n) is 10.8. The fourth-order valence-corrected chi connectivity index (χ4v) is 2.59. The van der Waals surface area contributed by atoms with E-state index in [2.05, 4.69) is 12.2 Å². The fourth-order valence-electron chi connectivity index (χ4n) is 2.59. The predicted molar refractivity (Wildman–Crippen MR) is 68.5 cm³/mol. The lowest BCUT2D eigenvalue weighted by atomic mass is 9.85. The minimum absolute atomic E-state index is 0.0313. The first-order valence-electron chi connectivity index (χ1n) is 6.83. The van der Waals surface area contributed by atoms with Crippen molar-refractivity contribution >= 4 is 5.91 Å². The van der Waals surface area contributed by atoms with Crippen LogP contribution in [-0.2, 0) is 4.79 Å². The summed E-state index contributed by atoms with van der Waals surface area (Å²) >= 11 is 0. The van der Waals surface area contributed by atoms with Crippen molar-refractivity contribution in [3.63, 3.8) is 0 Å². The summed E-state index contributed by atoms with van der Waals surface area (Å²) in [5.74, 6) is 0.270. The highest BCUT2D eigenvalue weighted by Gasteiger charge is 2.25. The molecular formula is C13H26N2O2. The molecule has 1 aliphatic carbocycles. The van der Waals surface area contributed by atoms with Crippen LogP contribution in [0.1, 0.15) is 51.9 Å². The fraction of sp³-hybridized carbons (Fsp3) is 0.923. The van der Waals surface area contributed by atoms with E-state index in [0.717, 1.165) is 38.5 Å². The van der Waals surface area contributed by atoms with Gasteiger partial charge in [0.15, 0.2) is 0 Å². The highest BCUT2D eigenvalue weighted by atomic mass is 16.3. The van der Waals surface area contributed by atoms with E-state index in [9.17, 15) is 9.90 Å². The van der Waals surface area contributed by atoms with Crippen LogP contribution >= 0.6 is 0 Å². The van der Waals surface area contributed by atoms with Gasteiger partial charge in [0.2, 0.25) is 5.91 Å². The van der Waals surface area contributed by atoms with Gasteiger partial charge in [-0.1, -0.05) is 26.2 Å². The first kappa shape index (κ1) is 14.5. The van der Waals surface area contributed by atoms with Crippen LogP contribution in [0.5, 0.6) is 0 Å². The molecule has 1 fully saturated rings. The third kappa shape index (κ3) is 5.04. The van der Waals surface area contributed by atoms with Gasteiger partial charge in [0.25, 0.3) is 0 Å². The molecule has 1 amide bonds. The van der Waals surface area contributed by atoms with E-state index in [-0.39, 0.29) is 30.5 Å². The number of aliphatic hydroxyl groups excluding tert-OH is 1. The van der Waals surface area contributed by atoms with Crippen molar-refractivity contribution in [1.29, 1.82) is 0 Å². The molecule has 100 valence electrons. The second-order valence-electron chi connectivity index (χ2n) is 5.15. The summed E-state index contributed by atoms with van der Waals surface area (Å²) in [6.07, 6.45) is 6.61. The van der Waals surface area contributed by atoms with Gasteiger partial charge in [0.1, 0.15) is 0 Å². The van der Waals surface area contributed by atoms with E-state index >= 15 is 0 Å². The standard InChI is InChI=1S/C13H26N2O2/c1-2-5-11(14)8-13(17)15-12-7-4-3-6-10(12)9-16/h10-12,16H,2-9,14H2,1H3,(H,15,17). The molecule has 1 rings (SSSR count). The average molecular weight is 242 g/mol. The number of hydrogen-bond acceptors (Lipinski definition) is 3. The van der Waals surface area contributed by atoms with Crippen molar-refractivity contribution in [2.45, 2.75) is 64.0 Å². The first-order chi connectivity index (χ1) is 8.17. The zero-order chi connectivity index (χ0) is 12.7. The Morgan fingerprint density at radius 2 is 2.18 bits per heavy atom. The summed E-state index contributed by atoms with van der Waals surface area (Å²) in [5.41, 5.74) is 5.85. The van der Waals surface area contributed by atoms with Gasteiger partial charge in [-0.15, -0.1) is 0 Å². The molecule has 1 aliphatic rings. The molecule has 0 aliphatic heterocycles. The number of nitrogens with two attached hydrogens (primary N) is 1. The lowest BCUT2D eigenvalue weighted by Crippen LogP contribution is -2.44. The van der Waals surface area contributed by atoms with Crippen LogP contribution in [0.3, 0.4) is 0 Å². The molecular weight excluding hydrogens is 216 g/mol. The van der Waals surface area contributed by atoms with Crippen molar-refractivity contribution in [3.05, 3.63) is 0 Å². The summed E-state index contributed by atoms with van der Waals surface area (Å²) in [6, 6.07) is 0.117. The van der Waals surface area contributed by atoms with Crippen LogP contribution < -0.4 is 11.1 Å². The molecule has 3 unspecified atom stereocenters. The van der Waals surface area contributed by atoms with E-state index in [1.807, 2.05) is 0 Å². The monoisotopic (exact) mass is 242 g/mol. The van der Waals surface area contributed by atoms with Crippen molar-refractivity contribution < 1.29 is 9.90 Å². The molecule has 4 nitrogen and oxygen atoms in total. The molecule has 0 spiro atoms. The average Bonchev–Trinajstić information content (AvgIpc) is 2.29. The van der Waals surface area contributed by atoms with E-state index in [1.54, 1.807) is 0 Å². The topological polar surface area (TPSA) is 75.4 Å². The number of carbonyl (C=O) groups is 1. The normalized spacial score (nSPS) is 26.5. The predicted octanol–water partition coefficient (Wildman–Crippen LogP) is 1.17. The van der Waals surface area contributed by atoms with Gasteiger partial charge in [-0.2, -0.15) is 0 Å². The maximum absolute atomic E-state index is 11.8. The Balaban J connectivity index is 2.33. The van der Waals surface area contributed by atoms with Gasteiger partial charge in [0, 0.05) is 31.0 Å². The quantitative estimate of drug-likeness (QED) is 0.654. The van der Waals surface area contributed by atoms with Crippen molar-refractivity contribution in [2.24, 2.45) is 11.7 Å². The van der Waals surface area contributed by atoms with E-state index in [4.69, 9.17) is 5.73 Å². The number of hydrogen-bond donors (Lipinski definition) is 3. The second kappa shape index (κ2) is 7.67. The number of amides is 1. The molecule has 4 heteroatoms. The Hall–Kier alpha value is -0.610. The minimum atomic E-state index is -0.0313. The third-order valence-electron chi connectivity index (χ3n) is 3.60. The van der Waals surface area contributed by atoms with E-state index < -0.39 is 0 Å². The van der Waals surface area contributed by atoms with Gasteiger partial charge in [-0.25, -0.2) is 0 Å². The largest absolute Gasteiger partial charge is 0.396 e. The molecule has 0 saturated heterocycles. The Labute approximate surface area is 104 Å². The number of carbonyl (C=O) groups excluding carboxylic acids is 1. The second-order valence-corrected chi connectivity index (χ2v) is 5.15. The van der Waals surface area contributed by atoms with Crippen molar-refractivity contribution in [1.82, 2.24) is 5.32 Å². The third-order valence-corrected chi connectivity index (χ3v) is 3.60. The highest BCUT2D eigenvalue weighted by molar-refractivity contribution is 5.76. The van der Waals surface area contributed by atoms with Crippen LogP contribution in [0.25, 0.3) is 0 Å². The molecule has 0 aromatic heterocycles. The van der Waals surface area contributed by atoms with Crippen molar-refractivity contribution in [2.75, 3.05) is 6.61 Å². The van der Waals surface area contributed by atoms with Gasteiger partial charge >= 0.3 is 0 Å². The Kier molecular flexibility index (Phi) is 6.52. The maximum Gasteiger partial charge on any atom is 0.221 e. The number of aliphatic hydroxyl groups is 1. The van der Waals surface area contributed by atoms with Crippen LogP contribution in [0.2, 0.25) is 0 Å². The molecule has 0 bridgehead atoms. The summed E-state index contributed by atoms with van der Waals surface area (Å²) < 4.78 is 0. The Bertz CT molecular complexity index is 233. The molecule has 1 saturated carbocycles.